The van der Waals surface area contributed by atoms with Gasteiger partial charge in [0.1, 0.15) is 0 Å². The molecule has 1 heteroatoms. The summed E-state index contributed by atoms with van der Waals surface area (Å²) in [6.45, 7) is 0.854. The van der Waals surface area contributed by atoms with Crippen LogP contribution < -0.4 is 5.73 Å². The molecule has 0 unspecified atom stereocenters. The first-order valence-electron chi connectivity index (χ1n) is 11.2. The summed E-state index contributed by atoms with van der Waals surface area (Å²) < 4.78 is 0. The Morgan fingerprint density at radius 3 is 1.37 bits per heavy atom. The lowest BCUT2D eigenvalue weighted by Crippen LogP contribution is -2.08. The molecule has 0 aromatic heterocycles. The highest BCUT2D eigenvalue weighted by atomic mass is 14.5. The molecular weight excluding hydrogens is 326 g/mol. The van der Waals surface area contributed by atoms with Gasteiger partial charge in [-0.2, -0.15) is 0 Å². The van der Waals surface area contributed by atoms with Crippen LogP contribution in [0.5, 0.6) is 0 Å². The van der Waals surface area contributed by atoms with Crippen molar-refractivity contribution in [2.45, 2.75) is 77.0 Å². The first kappa shape index (κ1) is 21.7. The molecule has 0 atom stereocenters. The smallest absolute Gasteiger partial charge is 0.00773 e. The average Bonchev–Trinajstić information content (AvgIpc) is 2.71. The molecule has 0 aliphatic rings. The normalized spacial score (nSPS) is 11.2. The van der Waals surface area contributed by atoms with E-state index in [4.69, 9.17) is 5.73 Å². The van der Waals surface area contributed by atoms with Crippen LogP contribution in [0.4, 0.5) is 0 Å². The van der Waals surface area contributed by atoms with Crippen LogP contribution in [0.2, 0.25) is 0 Å². The Labute approximate surface area is 167 Å². The second-order valence-electron chi connectivity index (χ2n) is 8.00. The number of hydrogen-bond donors (Lipinski definition) is 1. The molecule has 0 amide bonds. The van der Waals surface area contributed by atoms with E-state index in [1.165, 1.54) is 88.2 Å². The fourth-order valence-electron chi connectivity index (χ4n) is 3.99. The third kappa shape index (κ3) is 10.3. The van der Waals surface area contributed by atoms with E-state index in [0.717, 1.165) is 12.5 Å². The fraction of sp³-hybridized carbons (Fsp3) is 0.538. The maximum absolute atomic E-state index is 5.55. The lowest BCUT2D eigenvalue weighted by molar-refractivity contribution is 0.444. The van der Waals surface area contributed by atoms with E-state index in [0.29, 0.717) is 0 Å². The number of unbranched alkanes of at least 4 members (excludes halogenated alkanes) is 8. The van der Waals surface area contributed by atoms with E-state index in [-0.39, 0.29) is 0 Å². The standard InChI is InChI=1S/C26H39N/c27-21-15-7-5-3-1-2-4-6-10-20-26(22-24-16-11-8-12-17-24)23-25-18-13-9-14-19-25/h8-9,11-14,16-19,26H,1-7,10,15,20-23,27H2. The minimum absolute atomic E-state index is 0.756. The van der Waals surface area contributed by atoms with Crippen molar-refractivity contribution in [1.29, 1.82) is 0 Å². The molecular formula is C26H39N. The molecule has 1 nitrogen and oxygen atoms in total. The number of benzene rings is 2. The molecule has 0 aliphatic heterocycles. The fourth-order valence-corrected chi connectivity index (χ4v) is 3.99. The van der Waals surface area contributed by atoms with Crippen LogP contribution >= 0.6 is 0 Å². The molecule has 2 aromatic carbocycles. The van der Waals surface area contributed by atoms with Crippen LogP contribution in [-0.2, 0) is 12.8 Å². The van der Waals surface area contributed by atoms with Crippen molar-refractivity contribution in [2.75, 3.05) is 6.54 Å². The van der Waals surface area contributed by atoms with E-state index in [9.17, 15) is 0 Å². The van der Waals surface area contributed by atoms with Crippen LogP contribution in [0.15, 0.2) is 60.7 Å². The van der Waals surface area contributed by atoms with Gasteiger partial charge in [0.2, 0.25) is 0 Å². The molecule has 2 rings (SSSR count). The van der Waals surface area contributed by atoms with Crippen molar-refractivity contribution in [3.8, 4) is 0 Å². The lowest BCUT2D eigenvalue weighted by atomic mass is 9.88. The third-order valence-corrected chi connectivity index (χ3v) is 5.55. The molecule has 0 heterocycles. The SMILES string of the molecule is NCCCCCCCCCCCC(Cc1ccccc1)Cc1ccccc1. The predicted molar refractivity (Wildman–Crippen MR) is 119 cm³/mol. The maximum Gasteiger partial charge on any atom is -0.00773 e. The Morgan fingerprint density at radius 1 is 0.519 bits per heavy atom. The van der Waals surface area contributed by atoms with Gasteiger partial charge in [-0.25, -0.2) is 0 Å². The topological polar surface area (TPSA) is 26.0 Å². The summed E-state index contributed by atoms with van der Waals surface area (Å²) in [5, 5.41) is 0. The zero-order valence-electron chi connectivity index (χ0n) is 17.1. The zero-order valence-corrected chi connectivity index (χ0v) is 17.1. The lowest BCUT2D eigenvalue weighted by Gasteiger charge is -2.17. The Balaban J connectivity index is 1.66. The average molecular weight is 366 g/mol. The van der Waals surface area contributed by atoms with E-state index >= 15 is 0 Å². The van der Waals surface area contributed by atoms with Gasteiger partial charge in [-0.05, 0) is 49.3 Å². The highest BCUT2D eigenvalue weighted by Gasteiger charge is 2.11. The molecule has 0 saturated heterocycles. The number of nitrogens with two attached hydrogens (primary N) is 1. The largest absolute Gasteiger partial charge is 0.330 e. The summed E-state index contributed by atoms with van der Waals surface area (Å²) in [7, 11) is 0. The minimum atomic E-state index is 0.756. The highest BCUT2D eigenvalue weighted by Crippen LogP contribution is 2.21. The van der Waals surface area contributed by atoms with Gasteiger partial charge < -0.3 is 5.73 Å². The van der Waals surface area contributed by atoms with Crippen LogP contribution in [0.3, 0.4) is 0 Å². The van der Waals surface area contributed by atoms with Gasteiger partial charge in [0, 0.05) is 0 Å². The summed E-state index contributed by atoms with van der Waals surface area (Å²) in [6, 6.07) is 22.0. The monoisotopic (exact) mass is 365 g/mol. The molecule has 2 N–H and O–H groups in total. The Kier molecular flexibility index (Phi) is 11.6. The van der Waals surface area contributed by atoms with Crippen molar-refractivity contribution in [2.24, 2.45) is 11.7 Å². The molecule has 27 heavy (non-hydrogen) atoms. The number of hydrogen-bond acceptors (Lipinski definition) is 1. The summed E-state index contributed by atoms with van der Waals surface area (Å²) >= 11 is 0. The summed E-state index contributed by atoms with van der Waals surface area (Å²) in [4.78, 5) is 0. The summed E-state index contributed by atoms with van der Waals surface area (Å²) in [5.74, 6) is 0.756. The first-order chi connectivity index (χ1) is 13.4. The minimum Gasteiger partial charge on any atom is -0.330 e. The van der Waals surface area contributed by atoms with Gasteiger partial charge in [-0.15, -0.1) is 0 Å². The van der Waals surface area contributed by atoms with Crippen LogP contribution in [-0.4, -0.2) is 6.54 Å². The molecule has 148 valence electrons. The predicted octanol–water partition coefficient (Wildman–Crippen LogP) is 6.95. The van der Waals surface area contributed by atoms with Crippen LogP contribution in [0.1, 0.15) is 75.3 Å². The third-order valence-electron chi connectivity index (χ3n) is 5.55. The molecule has 0 spiro atoms. The molecule has 0 radical (unpaired) electrons. The van der Waals surface area contributed by atoms with Crippen molar-refractivity contribution >= 4 is 0 Å². The summed E-state index contributed by atoms with van der Waals surface area (Å²) in [6.07, 6.45) is 16.0. The van der Waals surface area contributed by atoms with Crippen LogP contribution in [0.25, 0.3) is 0 Å². The Hall–Kier alpha value is -1.60. The van der Waals surface area contributed by atoms with E-state index in [1.54, 1.807) is 0 Å². The van der Waals surface area contributed by atoms with Gasteiger partial charge >= 0.3 is 0 Å². The van der Waals surface area contributed by atoms with Crippen molar-refractivity contribution < 1.29 is 0 Å². The molecule has 2 aromatic rings. The maximum atomic E-state index is 5.55. The van der Waals surface area contributed by atoms with E-state index < -0.39 is 0 Å². The Bertz CT molecular complexity index is 522. The number of rotatable bonds is 15. The summed E-state index contributed by atoms with van der Waals surface area (Å²) in [5.41, 5.74) is 8.51. The molecule has 0 fully saturated rings. The van der Waals surface area contributed by atoms with Crippen LogP contribution in [0, 0.1) is 5.92 Å². The quantitative estimate of drug-likeness (QED) is 0.340. The van der Waals surface area contributed by atoms with Gasteiger partial charge in [0.25, 0.3) is 0 Å². The van der Waals surface area contributed by atoms with Gasteiger partial charge in [-0.1, -0.05) is 112 Å². The van der Waals surface area contributed by atoms with Gasteiger partial charge in [-0.3, -0.25) is 0 Å². The van der Waals surface area contributed by atoms with E-state index in [2.05, 4.69) is 60.7 Å². The van der Waals surface area contributed by atoms with Gasteiger partial charge in [0.05, 0.1) is 0 Å². The first-order valence-corrected chi connectivity index (χ1v) is 11.2. The van der Waals surface area contributed by atoms with E-state index in [1.807, 2.05) is 0 Å². The second-order valence-corrected chi connectivity index (χ2v) is 8.00. The molecule has 0 aliphatic carbocycles. The molecule has 0 bridgehead atoms. The Morgan fingerprint density at radius 2 is 0.926 bits per heavy atom. The molecule has 0 saturated carbocycles. The highest BCUT2D eigenvalue weighted by molar-refractivity contribution is 5.18. The second kappa shape index (κ2) is 14.5. The van der Waals surface area contributed by atoms with Crippen molar-refractivity contribution in [3.05, 3.63) is 71.8 Å². The van der Waals surface area contributed by atoms with Crippen molar-refractivity contribution in [3.63, 3.8) is 0 Å². The van der Waals surface area contributed by atoms with Crippen molar-refractivity contribution in [1.82, 2.24) is 0 Å². The zero-order chi connectivity index (χ0) is 19.0. The van der Waals surface area contributed by atoms with Gasteiger partial charge in [0.15, 0.2) is 0 Å².